The predicted molar refractivity (Wildman–Crippen MR) is 142 cm³/mol. The average molecular weight is 499 g/mol. The lowest BCUT2D eigenvalue weighted by molar-refractivity contribution is -0.125. The molecule has 2 amide bonds. The van der Waals surface area contributed by atoms with Crippen LogP contribution in [-0.2, 0) is 9.53 Å². The lowest BCUT2D eigenvalue weighted by Gasteiger charge is -2.25. The Kier molecular flexibility index (Phi) is 6.89. The van der Waals surface area contributed by atoms with Gasteiger partial charge >= 0.3 is 0 Å². The number of rotatable bonds is 7. The number of carbonyl (C=O) groups is 2. The molecule has 3 aliphatic rings. The Morgan fingerprint density at radius 2 is 1.81 bits per heavy atom. The second-order valence-electron chi connectivity index (χ2n) is 10.7. The molecule has 7 nitrogen and oxygen atoms in total. The number of benzene rings is 2. The molecular formula is C30H34N4O3. The van der Waals surface area contributed by atoms with E-state index in [1.54, 1.807) is 6.20 Å². The van der Waals surface area contributed by atoms with E-state index in [2.05, 4.69) is 27.3 Å². The number of fused-ring (bicyclic) bond motifs is 2. The molecule has 1 N–H and O–H groups in total. The molecule has 0 aliphatic carbocycles. The Balaban J connectivity index is 1.04. The summed E-state index contributed by atoms with van der Waals surface area (Å²) in [6, 6.07) is 20.0. The fourth-order valence-electron chi connectivity index (χ4n) is 6.18. The van der Waals surface area contributed by atoms with Crippen molar-refractivity contribution in [2.45, 2.75) is 18.9 Å². The standard InChI is InChI=1S/C30H34N4O3/c35-29(24-11-14-37-20-24)32-28(21-5-2-1-3-6-21)10-13-33-16-25-18-34(19-26(25)17-33)30(36)23-8-9-27-22(15-23)7-4-12-31-27/h1-9,12,15,24-26,28H,10-11,13-14,16-20H2,(H,32,35)/t24?,25?,26?,28-/m0/s1. The van der Waals surface area contributed by atoms with Gasteiger partial charge in [-0.3, -0.25) is 14.6 Å². The van der Waals surface area contributed by atoms with Crippen molar-refractivity contribution in [1.82, 2.24) is 20.1 Å². The minimum atomic E-state index is -0.0419. The highest BCUT2D eigenvalue weighted by molar-refractivity contribution is 5.98. The topological polar surface area (TPSA) is 74.8 Å². The van der Waals surface area contributed by atoms with E-state index in [9.17, 15) is 9.59 Å². The normalized spacial score (nSPS) is 24.3. The third-order valence-corrected chi connectivity index (χ3v) is 8.25. The summed E-state index contributed by atoms with van der Waals surface area (Å²) in [6.07, 6.45) is 3.45. The number of ether oxygens (including phenoxy) is 1. The smallest absolute Gasteiger partial charge is 0.253 e. The van der Waals surface area contributed by atoms with Crippen molar-refractivity contribution >= 4 is 22.7 Å². The van der Waals surface area contributed by atoms with Gasteiger partial charge in [-0.2, -0.15) is 0 Å². The Labute approximate surface area is 217 Å². The maximum Gasteiger partial charge on any atom is 0.253 e. The van der Waals surface area contributed by atoms with Crippen LogP contribution in [-0.4, -0.2) is 72.5 Å². The number of amides is 2. The van der Waals surface area contributed by atoms with Crippen LogP contribution in [0.5, 0.6) is 0 Å². The minimum absolute atomic E-state index is 0.00444. The first kappa shape index (κ1) is 24.1. The lowest BCUT2D eigenvalue weighted by atomic mass is 10.0. The van der Waals surface area contributed by atoms with Gasteiger partial charge in [0.25, 0.3) is 5.91 Å². The van der Waals surface area contributed by atoms with Crippen LogP contribution in [0.1, 0.15) is 34.8 Å². The molecule has 3 saturated heterocycles. The largest absolute Gasteiger partial charge is 0.381 e. The number of likely N-dealkylation sites (tertiary alicyclic amines) is 2. The molecule has 0 bridgehead atoms. The molecule has 192 valence electrons. The maximum atomic E-state index is 13.2. The zero-order valence-electron chi connectivity index (χ0n) is 21.1. The highest BCUT2D eigenvalue weighted by atomic mass is 16.5. The number of pyridine rings is 1. The number of aromatic nitrogens is 1. The first-order valence-electron chi connectivity index (χ1n) is 13.4. The molecule has 3 aromatic rings. The van der Waals surface area contributed by atoms with Crippen LogP contribution in [0.25, 0.3) is 10.9 Å². The highest BCUT2D eigenvalue weighted by Crippen LogP contribution is 2.33. The SMILES string of the molecule is O=C(N[C@@H](CCN1CC2CN(C(=O)c3ccc4ncccc4c3)CC2C1)c1ccccc1)C1CCOC1. The summed E-state index contributed by atoms with van der Waals surface area (Å²) in [6.45, 7) is 5.75. The average Bonchev–Trinajstić information content (AvgIpc) is 3.68. The monoisotopic (exact) mass is 498 g/mol. The molecule has 0 saturated carbocycles. The highest BCUT2D eigenvalue weighted by Gasteiger charge is 2.41. The molecule has 0 radical (unpaired) electrons. The second kappa shape index (κ2) is 10.6. The minimum Gasteiger partial charge on any atom is -0.381 e. The van der Waals surface area contributed by atoms with Crippen molar-refractivity contribution < 1.29 is 14.3 Å². The molecule has 7 heteroatoms. The summed E-state index contributed by atoms with van der Waals surface area (Å²) in [7, 11) is 0. The molecular weight excluding hydrogens is 464 g/mol. The van der Waals surface area contributed by atoms with Crippen LogP contribution >= 0.6 is 0 Å². The van der Waals surface area contributed by atoms with E-state index in [4.69, 9.17) is 4.74 Å². The number of nitrogens with one attached hydrogen (secondary N) is 1. The van der Waals surface area contributed by atoms with Gasteiger partial charge in [0.15, 0.2) is 0 Å². The van der Waals surface area contributed by atoms with E-state index in [1.807, 2.05) is 53.4 Å². The summed E-state index contributed by atoms with van der Waals surface area (Å²) in [4.78, 5) is 35.0. The molecule has 3 fully saturated rings. The maximum absolute atomic E-state index is 13.2. The van der Waals surface area contributed by atoms with Gasteiger partial charge < -0.3 is 19.9 Å². The summed E-state index contributed by atoms with van der Waals surface area (Å²) in [5.74, 6) is 1.19. The number of hydrogen-bond donors (Lipinski definition) is 1. The fourth-order valence-corrected chi connectivity index (χ4v) is 6.18. The van der Waals surface area contributed by atoms with Crippen LogP contribution < -0.4 is 5.32 Å². The molecule has 2 aromatic carbocycles. The van der Waals surface area contributed by atoms with Gasteiger partial charge in [0.05, 0.1) is 24.1 Å². The molecule has 3 unspecified atom stereocenters. The van der Waals surface area contributed by atoms with Gasteiger partial charge in [-0.15, -0.1) is 0 Å². The Morgan fingerprint density at radius 3 is 2.57 bits per heavy atom. The lowest BCUT2D eigenvalue weighted by Crippen LogP contribution is -2.37. The van der Waals surface area contributed by atoms with E-state index in [0.29, 0.717) is 25.0 Å². The zero-order chi connectivity index (χ0) is 25.2. The van der Waals surface area contributed by atoms with E-state index < -0.39 is 0 Å². The van der Waals surface area contributed by atoms with Crippen LogP contribution in [0.2, 0.25) is 0 Å². The van der Waals surface area contributed by atoms with Crippen molar-refractivity contribution in [2.75, 3.05) is 45.9 Å². The summed E-state index contributed by atoms with van der Waals surface area (Å²) < 4.78 is 5.42. The van der Waals surface area contributed by atoms with Crippen molar-refractivity contribution in [1.29, 1.82) is 0 Å². The second-order valence-corrected chi connectivity index (χ2v) is 10.7. The molecule has 3 aliphatic heterocycles. The van der Waals surface area contributed by atoms with E-state index >= 15 is 0 Å². The van der Waals surface area contributed by atoms with E-state index in [1.165, 1.54) is 0 Å². The molecule has 4 atom stereocenters. The fraction of sp³-hybridized carbons (Fsp3) is 0.433. The van der Waals surface area contributed by atoms with Crippen molar-refractivity contribution in [3.05, 3.63) is 78.0 Å². The van der Waals surface area contributed by atoms with Crippen molar-refractivity contribution in [3.63, 3.8) is 0 Å². The van der Waals surface area contributed by atoms with Crippen molar-refractivity contribution in [2.24, 2.45) is 17.8 Å². The van der Waals surface area contributed by atoms with Crippen LogP contribution in [0.4, 0.5) is 0 Å². The van der Waals surface area contributed by atoms with Gasteiger partial charge in [0.2, 0.25) is 5.91 Å². The number of carbonyl (C=O) groups excluding carboxylic acids is 2. The molecule has 6 rings (SSSR count). The van der Waals surface area contributed by atoms with Gasteiger partial charge in [-0.05, 0) is 54.5 Å². The number of nitrogens with zero attached hydrogens (tertiary/aromatic N) is 3. The zero-order valence-corrected chi connectivity index (χ0v) is 21.1. The van der Waals surface area contributed by atoms with Gasteiger partial charge in [0, 0.05) is 56.5 Å². The molecule has 1 aromatic heterocycles. The van der Waals surface area contributed by atoms with Crippen LogP contribution in [0.3, 0.4) is 0 Å². The van der Waals surface area contributed by atoms with Gasteiger partial charge in [0.1, 0.15) is 0 Å². The Bertz CT molecular complexity index is 1250. The Morgan fingerprint density at radius 1 is 1.00 bits per heavy atom. The van der Waals surface area contributed by atoms with Crippen LogP contribution in [0, 0.1) is 17.8 Å². The predicted octanol–water partition coefficient (Wildman–Crippen LogP) is 3.52. The Hall–Kier alpha value is -3.29. The quantitative estimate of drug-likeness (QED) is 0.540. The van der Waals surface area contributed by atoms with Gasteiger partial charge in [-0.1, -0.05) is 36.4 Å². The van der Waals surface area contributed by atoms with E-state index in [-0.39, 0.29) is 23.8 Å². The first-order valence-corrected chi connectivity index (χ1v) is 13.4. The molecule has 4 heterocycles. The summed E-state index contributed by atoms with van der Waals surface area (Å²) >= 11 is 0. The third kappa shape index (κ3) is 5.24. The summed E-state index contributed by atoms with van der Waals surface area (Å²) in [5.41, 5.74) is 2.80. The molecule has 0 spiro atoms. The van der Waals surface area contributed by atoms with Crippen molar-refractivity contribution in [3.8, 4) is 0 Å². The summed E-state index contributed by atoms with van der Waals surface area (Å²) in [5, 5.41) is 4.30. The number of hydrogen-bond acceptors (Lipinski definition) is 5. The van der Waals surface area contributed by atoms with Gasteiger partial charge in [-0.25, -0.2) is 0 Å². The molecule has 37 heavy (non-hydrogen) atoms. The van der Waals surface area contributed by atoms with Crippen LogP contribution in [0.15, 0.2) is 66.9 Å². The third-order valence-electron chi connectivity index (χ3n) is 8.25. The van der Waals surface area contributed by atoms with E-state index in [0.717, 1.165) is 67.6 Å². The first-order chi connectivity index (χ1) is 18.1.